The van der Waals surface area contributed by atoms with Gasteiger partial charge in [-0.2, -0.15) is 4.31 Å². The molecule has 1 aromatic heterocycles. The molecule has 1 saturated heterocycles. The van der Waals surface area contributed by atoms with Crippen LogP contribution < -0.4 is 0 Å². The number of piperidine rings is 1. The SMILES string of the molecule is CCOC(=O)C1CCCN(S(=O)(=O)c2cc[nH]c2)C1. The average molecular weight is 286 g/mol. The van der Waals surface area contributed by atoms with Crippen LogP contribution in [0.3, 0.4) is 0 Å². The first kappa shape index (κ1) is 14.1. The maximum Gasteiger partial charge on any atom is 0.310 e. The van der Waals surface area contributed by atoms with E-state index in [-0.39, 0.29) is 23.3 Å². The summed E-state index contributed by atoms with van der Waals surface area (Å²) in [5.74, 6) is -0.668. The molecule has 0 spiro atoms. The van der Waals surface area contributed by atoms with Crippen molar-refractivity contribution in [2.45, 2.75) is 24.7 Å². The summed E-state index contributed by atoms with van der Waals surface area (Å²) in [4.78, 5) is 14.7. The molecule has 19 heavy (non-hydrogen) atoms. The Kier molecular flexibility index (Phi) is 4.26. The Bertz CT molecular complexity index is 524. The summed E-state index contributed by atoms with van der Waals surface area (Å²) in [5, 5.41) is 0. The Morgan fingerprint density at radius 3 is 3.00 bits per heavy atom. The number of carbonyl (C=O) groups is 1. The molecule has 0 aliphatic carbocycles. The fourth-order valence-corrected chi connectivity index (χ4v) is 3.73. The van der Waals surface area contributed by atoms with Gasteiger partial charge in [0.2, 0.25) is 10.0 Å². The second kappa shape index (κ2) is 5.75. The van der Waals surface area contributed by atoms with Crippen molar-refractivity contribution in [3.8, 4) is 0 Å². The molecule has 0 saturated carbocycles. The molecular weight excluding hydrogens is 268 g/mol. The first-order chi connectivity index (χ1) is 9.05. The second-order valence-corrected chi connectivity index (χ2v) is 6.44. The Morgan fingerprint density at radius 2 is 2.37 bits per heavy atom. The van der Waals surface area contributed by atoms with Gasteiger partial charge in [-0.15, -0.1) is 0 Å². The largest absolute Gasteiger partial charge is 0.466 e. The number of hydrogen-bond donors (Lipinski definition) is 1. The van der Waals surface area contributed by atoms with Crippen LogP contribution >= 0.6 is 0 Å². The number of carbonyl (C=O) groups excluding carboxylic acids is 1. The summed E-state index contributed by atoms with van der Waals surface area (Å²) >= 11 is 0. The second-order valence-electron chi connectivity index (χ2n) is 4.50. The van der Waals surface area contributed by atoms with Crippen LogP contribution in [0.1, 0.15) is 19.8 Å². The zero-order valence-electron chi connectivity index (χ0n) is 10.8. The van der Waals surface area contributed by atoms with Crippen molar-refractivity contribution in [1.82, 2.24) is 9.29 Å². The molecule has 1 atom stereocenters. The number of nitrogens with one attached hydrogen (secondary N) is 1. The van der Waals surface area contributed by atoms with Gasteiger partial charge in [0.15, 0.2) is 0 Å². The first-order valence-corrected chi connectivity index (χ1v) is 7.79. The Morgan fingerprint density at radius 1 is 1.58 bits per heavy atom. The van der Waals surface area contributed by atoms with Crippen molar-refractivity contribution in [1.29, 1.82) is 0 Å². The molecule has 7 heteroatoms. The molecule has 6 nitrogen and oxygen atoms in total. The number of hydrogen-bond acceptors (Lipinski definition) is 4. The monoisotopic (exact) mass is 286 g/mol. The number of rotatable bonds is 4. The summed E-state index contributed by atoms with van der Waals surface area (Å²) in [7, 11) is -3.51. The van der Waals surface area contributed by atoms with Crippen LogP contribution in [0.4, 0.5) is 0 Å². The first-order valence-electron chi connectivity index (χ1n) is 6.35. The third-order valence-corrected chi connectivity index (χ3v) is 5.07. The van der Waals surface area contributed by atoms with Crippen molar-refractivity contribution >= 4 is 16.0 Å². The lowest BCUT2D eigenvalue weighted by Gasteiger charge is -2.30. The quantitative estimate of drug-likeness (QED) is 0.837. The van der Waals surface area contributed by atoms with Gasteiger partial charge in [-0.05, 0) is 25.8 Å². The molecular formula is C12H18N2O4S. The van der Waals surface area contributed by atoms with Gasteiger partial charge in [0.05, 0.1) is 17.4 Å². The van der Waals surface area contributed by atoms with E-state index in [1.165, 1.54) is 16.6 Å². The van der Waals surface area contributed by atoms with Crippen LogP contribution in [0.15, 0.2) is 23.4 Å². The third-order valence-electron chi connectivity index (χ3n) is 3.21. The Balaban J connectivity index is 2.11. The lowest BCUT2D eigenvalue weighted by Crippen LogP contribution is -2.42. The minimum Gasteiger partial charge on any atom is -0.466 e. The van der Waals surface area contributed by atoms with Gasteiger partial charge >= 0.3 is 5.97 Å². The Hall–Kier alpha value is -1.34. The standard InChI is InChI=1S/C12H18N2O4S/c1-2-18-12(15)10-4-3-7-14(9-10)19(16,17)11-5-6-13-8-11/h5-6,8,10,13H,2-4,7,9H2,1H3. The number of aromatic amines is 1. The van der Waals surface area contributed by atoms with Gasteiger partial charge in [-0.25, -0.2) is 8.42 Å². The minimum atomic E-state index is -3.51. The fraction of sp³-hybridized carbons (Fsp3) is 0.583. The summed E-state index contributed by atoms with van der Waals surface area (Å²) in [6.07, 6.45) is 4.37. The molecule has 2 heterocycles. The molecule has 106 valence electrons. The van der Waals surface area contributed by atoms with Crippen LogP contribution in [0, 0.1) is 5.92 Å². The molecule has 2 rings (SSSR count). The molecule has 1 N–H and O–H groups in total. The van der Waals surface area contributed by atoms with Gasteiger partial charge in [0.25, 0.3) is 0 Å². The maximum absolute atomic E-state index is 12.3. The highest BCUT2D eigenvalue weighted by atomic mass is 32.2. The zero-order chi connectivity index (χ0) is 13.9. The van der Waals surface area contributed by atoms with E-state index in [9.17, 15) is 13.2 Å². The van der Waals surface area contributed by atoms with Crippen molar-refractivity contribution in [2.24, 2.45) is 5.92 Å². The van der Waals surface area contributed by atoms with E-state index in [0.717, 1.165) is 0 Å². The van der Waals surface area contributed by atoms with Crippen molar-refractivity contribution in [3.63, 3.8) is 0 Å². The highest BCUT2D eigenvalue weighted by Gasteiger charge is 2.34. The van der Waals surface area contributed by atoms with Crippen LogP contribution in [-0.4, -0.2) is 43.4 Å². The Labute approximate surface area is 112 Å². The number of sulfonamides is 1. The summed E-state index contributed by atoms with van der Waals surface area (Å²) in [5.41, 5.74) is 0. The van der Waals surface area contributed by atoms with Gasteiger partial charge in [0, 0.05) is 25.5 Å². The van der Waals surface area contributed by atoms with E-state index < -0.39 is 10.0 Å². The van der Waals surface area contributed by atoms with Gasteiger partial charge in [0.1, 0.15) is 0 Å². The number of H-pyrrole nitrogens is 1. The topological polar surface area (TPSA) is 79.5 Å². The number of nitrogens with zero attached hydrogens (tertiary/aromatic N) is 1. The molecule has 1 unspecified atom stereocenters. The fourth-order valence-electron chi connectivity index (χ4n) is 2.23. The van der Waals surface area contributed by atoms with Crippen LogP contribution in [0.2, 0.25) is 0 Å². The van der Waals surface area contributed by atoms with E-state index >= 15 is 0 Å². The summed E-state index contributed by atoms with van der Waals surface area (Å²) in [6.45, 7) is 2.71. The summed E-state index contributed by atoms with van der Waals surface area (Å²) in [6, 6.07) is 1.52. The lowest BCUT2D eigenvalue weighted by molar-refractivity contribution is -0.149. The molecule has 0 radical (unpaired) electrons. The van der Waals surface area contributed by atoms with Crippen molar-refractivity contribution in [2.75, 3.05) is 19.7 Å². The minimum absolute atomic E-state index is 0.201. The predicted molar refractivity (Wildman–Crippen MR) is 68.9 cm³/mol. The van der Waals surface area contributed by atoms with Gasteiger partial charge in [-0.1, -0.05) is 0 Å². The van der Waals surface area contributed by atoms with E-state index in [4.69, 9.17) is 4.74 Å². The van der Waals surface area contributed by atoms with Crippen molar-refractivity contribution < 1.29 is 17.9 Å². The van der Waals surface area contributed by atoms with Gasteiger partial charge in [-0.3, -0.25) is 4.79 Å². The highest BCUT2D eigenvalue weighted by molar-refractivity contribution is 7.89. The number of aromatic nitrogens is 1. The molecule has 1 aromatic rings. The van der Waals surface area contributed by atoms with Crippen LogP contribution in [-0.2, 0) is 19.6 Å². The van der Waals surface area contributed by atoms with Crippen molar-refractivity contribution in [3.05, 3.63) is 18.5 Å². The van der Waals surface area contributed by atoms with Gasteiger partial charge < -0.3 is 9.72 Å². The predicted octanol–water partition coefficient (Wildman–Crippen LogP) is 0.978. The van der Waals surface area contributed by atoms with Crippen LogP contribution in [0.5, 0.6) is 0 Å². The zero-order valence-corrected chi connectivity index (χ0v) is 11.6. The maximum atomic E-state index is 12.3. The molecule has 1 fully saturated rings. The number of esters is 1. The third kappa shape index (κ3) is 2.98. The number of ether oxygens (including phenoxy) is 1. The highest BCUT2D eigenvalue weighted by Crippen LogP contribution is 2.24. The van der Waals surface area contributed by atoms with E-state index in [1.807, 2.05) is 0 Å². The molecule has 0 bridgehead atoms. The lowest BCUT2D eigenvalue weighted by atomic mass is 10.0. The van der Waals surface area contributed by atoms with E-state index in [0.29, 0.717) is 26.0 Å². The summed E-state index contributed by atoms with van der Waals surface area (Å²) < 4.78 is 31.0. The molecule has 1 aliphatic rings. The van der Waals surface area contributed by atoms with E-state index in [1.54, 1.807) is 13.1 Å². The molecule has 1 aliphatic heterocycles. The van der Waals surface area contributed by atoms with E-state index in [2.05, 4.69) is 4.98 Å². The smallest absolute Gasteiger partial charge is 0.310 e. The molecule has 0 amide bonds. The average Bonchev–Trinajstić information content (AvgIpc) is 2.94. The normalized spacial score (nSPS) is 21.2. The van der Waals surface area contributed by atoms with Crippen LogP contribution in [0.25, 0.3) is 0 Å². The molecule has 0 aromatic carbocycles.